The van der Waals surface area contributed by atoms with Crippen molar-refractivity contribution < 1.29 is 19.7 Å². The van der Waals surface area contributed by atoms with Crippen LogP contribution in [0.25, 0.3) is 0 Å². The molecule has 0 unspecified atom stereocenters. The van der Waals surface area contributed by atoms with Crippen molar-refractivity contribution >= 4 is 5.97 Å². The molecule has 146 valence electrons. The van der Waals surface area contributed by atoms with E-state index in [0.717, 1.165) is 6.42 Å². The summed E-state index contributed by atoms with van der Waals surface area (Å²) in [7, 11) is 0. The smallest absolute Gasteiger partial charge is 0.347 e. The number of carbonyl (C=O) groups excluding carboxylic acids is 1. The minimum Gasteiger partial charge on any atom is -0.504 e. The largest absolute Gasteiger partial charge is 0.504 e. The molecule has 27 heavy (non-hydrogen) atoms. The second kappa shape index (κ2) is 11.3. The van der Waals surface area contributed by atoms with E-state index in [9.17, 15) is 15.0 Å². The maximum atomic E-state index is 12.1. The lowest BCUT2D eigenvalue weighted by Gasteiger charge is -2.08. The van der Waals surface area contributed by atoms with E-state index in [1.165, 1.54) is 75.1 Å². The third-order valence-corrected chi connectivity index (χ3v) is 4.69. The first-order valence-corrected chi connectivity index (χ1v) is 9.94. The number of benzene rings is 2. The quantitative estimate of drug-likeness (QED) is 0.220. The van der Waals surface area contributed by atoms with E-state index in [0.29, 0.717) is 5.75 Å². The first kappa shape index (κ1) is 20.8. The summed E-state index contributed by atoms with van der Waals surface area (Å²) >= 11 is 0. The van der Waals surface area contributed by atoms with Gasteiger partial charge in [-0.1, -0.05) is 70.1 Å². The molecule has 2 rings (SSSR count). The van der Waals surface area contributed by atoms with Crippen LogP contribution in [0.15, 0.2) is 42.5 Å². The molecular weight excluding hydrogens is 340 g/mol. The van der Waals surface area contributed by atoms with Crippen LogP contribution in [-0.2, 0) is 6.42 Å². The number of rotatable bonds is 11. The number of phenols is 2. The molecule has 2 aromatic carbocycles. The predicted octanol–water partition coefficient (Wildman–Crippen LogP) is 6.00. The lowest BCUT2D eigenvalue weighted by atomic mass is 10.0. The highest BCUT2D eigenvalue weighted by Gasteiger charge is 2.16. The first-order valence-electron chi connectivity index (χ1n) is 9.94. The first-order chi connectivity index (χ1) is 13.1. The number of phenolic OH excluding ortho intramolecular Hbond substituents is 2. The molecule has 0 fully saturated rings. The lowest BCUT2D eigenvalue weighted by Crippen LogP contribution is -2.08. The van der Waals surface area contributed by atoms with Crippen molar-refractivity contribution in [3.63, 3.8) is 0 Å². The molecule has 0 aromatic heterocycles. The van der Waals surface area contributed by atoms with Crippen LogP contribution in [0.3, 0.4) is 0 Å². The van der Waals surface area contributed by atoms with E-state index in [-0.39, 0.29) is 11.3 Å². The molecule has 0 aliphatic carbocycles. The summed E-state index contributed by atoms with van der Waals surface area (Å²) < 4.78 is 5.27. The summed E-state index contributed by atoms with van der Waals surface area (Å²) in [5.41, 5.74) is 1.17. The number of unbranched alkanes of at least 4 members (excludes halogenated alkanes) is 7. The fourth-order valence-corrected chi connectivity index (χ4v) is 3.05. The fraction of sp³-hybridized carbons (Fsp3) is 0.435. The minimum absolute atomic E-state index is 0.0574. The number of hydrogen-bond donors (Lipinski definition) is 2. The summed E-state index contributed by atoms with van der Waals surface area (Å²) in [6, 6.07) is 11.7. The Morgan fingerprint density at radius 3 is 2.15 bits per heavy atom. The van der Waals surface area contributed by atoms with Crippen molar-refractivity contribution in [3.8, 4) is 17.2 Å². The number of esters is 1. The van der Waals surface area contributed by atoms with Crippen molar-refractivity contribution in [2.45, 2.75) is 64.7 Å². The van der Waals surface area contributed by atoms with Crippen LogP contribution in [0.5, 0.6) is 17.2 Å². The molecule has 0 atom stereocenters. The summed E-state index contributed by atoms with van der Waals surface area (Å²) in [5, 5.41) is 19.2. The Balaban J connectivity index is 1.73. The van der Waals surface area contributed by atoms with E-state index in [1.807, 2.05) is 12.1 Å². The van der Waals surface area contributed by atoms with Gasteiger partial charge in [0, 0.05) is 0 Å². The molecular formula is C23H30O4. The van der Waals surface area contributed by atoms with E-state index in [1.54, 1.807) is 12.1 Å². The van der Waals surface area contributed by atoms with Gasteiger partial charge in [0.15, 0.2) is 11.5 Å². The van der Waals surface area contributed by atoms with Crippen LogP contribution >= 0.6 is 0 Å². The van der Waals surface area contributed by atoms with Crippen LogP contribution in [0.2, 0.25) is 0 Å². The molecule has 0 spiro atoms. The molecule has 0 amide bonds. The number of hydrogen-bond acceptors (Lipinski definition) is 4. The number of aromatic hydroxyl groups is 2. The van der Waals surface area contributed by atoms with Gasteiger partial charge in [-0.2, -0.15) is 0 Å². The molecule has 0 aliphatic heterocycles. The second-order valence-corrected chi connectivity index (χ2v) is 6.93. The van der Waals surface area contributed by atoms with Crippen LogP contribution < -0.4 is 4.74 Å². The molecule has 0 radical (unpaired) electrons. The average Bonchev–Trinajstić information content (AvgIpc) is 2.67. The van der Waals surface area contributed by atoms with Gasteiger partial charge in [-0.25, -0.2) is 4.79 Å². The van der Waals surface area contributed by atoms with Gasteiger partial charge in [-0.3, -0.25) is 0 Å². The molecule has 0 heterocycles. The van der Waals surface area contributed by atoms with E-state index in [4.69, 9.17) is 4.74 Å². The third-order valence-electron chi connectivity index (χ3n) is 4.69. The average molecular weight is 370 g/mol. The Kier molecular flexibility index (Phi) is 8.69. The number of ether oxygens (including phenoxy) is 1. The van der Waals surface area contributed by atoms with Gasteiger partial charge in [0.1, 0.15) is 11.3 Å². The van der Waals surface area contributed by atoms with Crippen molar-refractivity contribution in [1.82, 2.24) is 0 Å². The summed E-state index contributed by atoms with van der Waals surface area (Å²) in [6.07, 6.45) is 11.4. The van der Waals surface area contributed by atoms with E-state index in [2.05, 4.69) is 6.92 Å². The SMILES string of the molecule is CCCCCCCCCCc1ccc(OC(=O)c2cccc(O)c2O)cc1. The summed E-state index contributed by atoms with van der Waals surface area (Å²) in [6.45, 7) is 2.24. The van der Waals surface area contributed by atoms with Crippen LogP contribution in [0.1, 0.15) is 74.2 Å². The standard InChI is InChI=1S/C23H30O4/c1-2-3-4-5-6-7-8-9-11-18-14-16-19(17-15-18)27-23(26)20-12-10-13-21(24)22(20)25/h10,12-17,24-25H,2-9,11H2,1H3. The monoisotopic (exact) mass is 370 g/mol. The maximum absolute atomic E-state index is 12.1. The topological polar surface area (TPSA) is 66.8 Å². The molecule has 2 N–H and O–H groups in total. The van der Waals surface area contributed by atoms with Crippen LogP contribution in [-0.4, -0.2) is 16.2 Å². The van der Waals surface area contributed by atoms with Gasteiger partial charge in [0.2, 0.25) is 0 Å². The van der Waals surface area contributed by atoms with Gasteiger partial charge in [0.25, 0.3) is 0 Å². The normalized spacial score (nSPS) is 10.7. The Hall–Kier alpha value is -2.49. The van der Waals surface area contributed by atoms with Crippen molar-refractivity contribution in [3.05, 3.63) is 53.6 Å². The Morgan fingerprint density at radius 2 is 1.48 bits per heavy atom. The number of para-hydroxylation sites is 1. The lowest BCUT2D eigenvalue weighted by molar-refractivity contribution is 0.0731. The van der Waals surface area contributed by atoms with Gasteiger partial charge in [-0.05, 0) is 42.7 Å². The number of carbonyl (C=O) groups is 1. The highest BCUT2D eigenvalue weighted by Crippen LogP contribution is 2.29. The zero-order valence-corrected chi connectivity index (χ0v) is 16.1. The van der Waals surface area contributed by atoms with Crippen LogP contribution in [0.4, 0.5) is 0 Å². The highest BCUT2D eigenvalue weighted by atomic mass is 16.5. The van der Waals surface area contributed by atoms with Crippen LogP contribution in [0, 0.1) is 0 Å². The summed E-state index contributed by atoms with van der Waals surface area (Å²) in [5.74, 6) is -1.08. The zero-order chi connectivity index (χ0) is 19.5. The Bertz CT molecular complexity index is 707. The van der Waals surface area contributed by atoms with Gasteiger partial charge < -0.3 is 14.9 Å². The second-order valence-electron chi connectivity index (χ2n) is 6.93. The van der Waals surface area contributed by atoms with Gasteiger partial charge in [-0.15, -0.1) is 0 Å². The van der Waals surface area contributed by atoms with Crippen molar-refractivity contribution in [2.75, 3.05) is 0 Å². The Morgan fingerprint density at radius 1 is 0.852 bits per heavy atom. The van der Waals surface area contributed by atoms with Gasteiger partial charge >= 0.3 is 5.97 Å². The molecule has 2 aromatic rings. The number of aryl methyl sites for hydroxylation is 1. The van der Waals surface area contributed by atoms with Crippen molar-refractivity contribution in [2.24, 2.45) is 0 Å². The van der Waals surface area contributed by atoms with Crippen molar-refractivity contribution in [1.29, 1.82) is 0 Å². The zero-order valence-electron chi connectivity index (χ0n) is 16.1. The molecule has 4 nitrogen and oxygen atoms in total. The third kappa shape index (κ3) is 6.97. The van der Waals surface area contributed by atoms with Gasteiger partial charge in [0.05, 0.1) is 0 Å². The molecule has 0 bridgehead atoms. The van der Waals surface area contributed by atoms with E-state index >= 15 is 0 Å². The predicted molar refractivity (Wildman–Crippen MR) is 107 cm³/mol. The molecule has 4 heteroatoms. The van der Waals surface area contributed by atoms with E-state index < -0.39 is 11.7 Å². The fourth-order valence-electron chi connectivity index (χ4n) is 3.05. The minimum atomic E-state index is -0.695. The molecule has 0 saturated heterocycles. The Labute approximate surface area is 161 Å². The maximum Gasteiger partial charge on any atom is 0.347 e. The molecule has 0 aliphatic rings. The summed E-state index contributed by atoms with van der Waals surface area (Å²) in [4.78, 5) is 12.1. The molecule has 0 saturated carbocycles. The highest BCUT2D eigenvalue weighted by molar-refractivity contribution is 5.94.